The molecule has 1 spiro atoms. The van der Waals surface area contributed by atoms with Gasteiger partial charge < -0.3 is 5.32 Å². The molecule has 1 saturated heterocycles. The summed E-state index contributed by atoms with van der Waals surface area (Å²) in [5.74, 6) is 3.80. The molecule has 1 amide bonds. The van der Waals surface area contributed by atoms with Gasteiger partial charge in [-0.1, -0.05) is 24.3 Å². The molecule has 0 aromatic heterocycles. The summed E-state index contributed by atoms with van der Waals surface area (Å²) in [6.45, 7) is 2.76. The van der Waals surface area contributed by atoms with Crippen molar-refractivity contribution in [2.75, 3.05) is 19.6 Å². The fourth-order valence-electron chi connectivity index (χ4n) is 8.02. The van der Waals surface area contributed by atoms with Gasteiger partial charge in [0.2, 0.25) is 5.91 Å². The van der Waals surface area contributed by atoms with E-state index < -0.39 is 0 Å². The first-order valence-electron chi connectivity index (χ1n) is 11.8. The number of nitrogens with zero attached hydrogens (tertiary/aromatic N) is 1. The number of amides is 1. The minimum absolute atomic E-state index is 0.292. The largest absolute Gasteiger partial charge is 0.352 e. The van der Waals surface area contributed by atoms with E-state index in [4.69, 9.17) is 0 Å². The Morgan fingerprint density at radius 1 is 0.964 bits per heavy atom. The summed E-state index contributed by atoms with van der Waals surface area (Å²) < 4.78 is 0. The molecule has 4 bridgehead atoms. The maximum Gasteiger partial charge on any atom is 0.234 e. The summed E-state index contributed by atoms with van der Waals surface area (Å²) in [6, 6.07) is 9.54. The van der Waals surface area contributed by atoms with Crippen molar-refractivity contribution >= 4 is 5.91 Å². The topological polar surface area (TPSA) is 32.3 Å². The van der Waals surface area contributed by atoms with Crippen molar-refractivity contribution in [3.8, 4) is 0 Å². The number of likely N-dealkylation sites (tertiary alicyclic amines) is 1. The number of aryl methyl sites for hydroxylation is 1. The smallest absolute Gasteiger partial charge is 0.234 e. The Kier molecular flexibility index (Phi) is 4.12. The van der Waals surface area contributed by atoms with Gasteiger partial charge in [-0.3, -0.25) is 9.69 Å². The average Bonchev–Trinajstić information content (AvgIpc) is 3.05. The summed E-state index contributed by atoms with van der Waals surface area (Å²) in [6.07, 6.45) is 12.0. The number of hydrogen-bond acceptors (Lipinski definition) is 2. The zero-order chi connectivity index (χ0) is 18.7. The SMILES string of the molecule is O=C(CN1CCC2(CCc3ccccc32)CC1)NC1C2CC3CC(C2)CC1C3. The highest BCUT2D eigenvalue weighted by molar-refractivity contribution is 5.78. The number of hydrogen-bond donors (Lipinski definition) is 1. The Morgan fingerprint density at radius 2 is 1.64 bits per heavy atom. The lowest BCUT2D eigenvalue weighted by Crippen LogP contribution is -2.57. The molecule has 0 unspecified atom stereocenters. The summed E-state index contributed by atoms with van der Waals surface area (Å²) in [5.41, 5.74) is 3.56. The van der Waals surface area contributed by atoms with Crippen LogP contribution in [0, 0.1) is 23.7 Å². The first-order valence-corrected chi connectivity index (χ1v) is 11.8. The van der Waals surface area contributed by atoms with E-state index >= 15 is 0 Å². The van der Waals surface area contributed by atoms with Crippen LogP contribution >= 0.6 is 0 Å². The first-order chi connectivity index (χ1) is 13.7. The van der Waals surface area contributed by atoms with Gasteiger partial charge in [0.15, 0.2) is 0 Å². The zero-order valence-electron chi connectivity index (χ0n) is 17.0. The van der Waals surface area contributed by atoms with E-state index in [1.54, 1.807) is 11.1 Å². The van der Waals surface area contributed by atoms with Crippen LogP contribution in [-0.4, -0.2) is 36.5 Å². The highest BCUT2D eigenvalue weighted by Gasteiger charge is 2.48. The fraction of sp³-hybridized carbons (Fsp3) is 0.720. The molecular weight excluding hydrogens is 344 g/mol. The van der Waals surface area contributed by atoms with Gasteiger partial charge in [0.1, 0.15) is 0 Å². The van der Waals surface area contributed by atoms with Crippen LogP contribution in [0.2, 0.25) is 0 Å². The molecular formula is C25H34N2O. The van der Waals surface area contributed by atoms with Gasteiger partial charge >= 0.3 is 0 Å². The third-order valence-electron chi connectivity index (χ3n) is 9.20. The Hall–Kier alpha value is -1.35. The van der Waals surface area contributed by atoms with Crippen molar-refractivity contribution in [3.05, 3.63) is 35.4 Å². The number of rotatable bonds is 3. The van der Waals surface area contributed by atoms with Crippen molar-refractivity contribution < 1.29 is 4.79 Å². The van der Waals surface area contributed by atoms with Crippen molar-refractivity contribution in [2.24, 2.45) is 23.7 Å². The van der Waals surface area contributed by atoms with E-state index in [2.05, 4.69) is 34.5 Å². The molecule has 6 aliphatic rings. The number of carbonyl (C=O) groups excluding carboxylic acids is 1. The Labute approximate surface area is 169 Å². The Morgan fingerprint density at radius 3 is 2.36 bits per heavy atom. The molecule has 1 aromatic carbocycles. The average molecular weight is 379 g/mol. The maximum atomic E-state index is 12.9. The normalized spacial score (nSPS) is 37.9. The van der Waals surface area contributed by atoms with E-state index in [0.29, 0.717) is 23.9 Å². The summed E-state index contributed by atoms with van der Waals surface area (Å²) in [5, 5.41) is 3.51. The van der Waals surface area contributed by atoms with Crippen LogP contribution in [0.4, 0.5) is 0 Å². The van der Waals surface area contributed by atoms with Gasteiger partial charge in [0.25, 0.3) is 0 Å². The summed E-state index contributed by atoms with van der Waals surface area (Å²) in [4.78, 5) is 15.3. The standard InChI is InChI=1S/C25H34N2O/c28-23(26-24-20-12-17-11-18(14-20)15-21(24)13-17)16-27-9-7-25(8-10-27)6-5-19-3-1-2-4-22(19)25/h1-4,17-18,20-21,24H,5-16H2,(H,26,28). The molecule has 4 saturated carbocycles. The van der Waals surface area contributed by atoms with Gasteiger partial charge in [0, 0.05) is 6.04 Å². The van der Waals surface area contributed by atoms with E-state index in [-0.39, 0.29) is 0 Å². The molecule has 3 nitrogen and oxygen atoms in total. The third kappa shape index (κ3) is 2.84. The third-order valence-corrected chi connectivity index (χ3v) is 9.20. The van der Waals surface area contributed by atoms with Crippen LogP contribution in [0.3, 0.4) is 0 Å². The van der Waals surface area contributed by atoms with Crippen molar-refractivity contribution in [1.29, 1.82) is 0 Å². The van der Waals surface area contributed by atoms with E-state index in [0.717, 1.165) is 36.8 Å². The van der Waals surface area contributed by atoms with Crippen LogP contribution < -0.4 is 5.32 Å². The highest BCUT2D eigenvalue weighted by Crippen LogP contribution is 2.53. The fourth-order valence-corrected chi connectivity index (χ4v) is 8.02. The molecule has 150 valence electrons. The molecule has 28 heavy (non-hydrogen) atoms. The molecule has 0 atom stereocenters. The van der Waals surface area contributed by atoms with Crippen molar-refractivity contribution in [2.45, 2.75) is 69.2 Å². The monoisotopic (exact) mass is 378 g/mol. The minimum atomic E-state index is 0.292. The Bertz CT molecular complexity index is 736. The quantitative estimate of drug-likeness (QED) is 0.865. The molecule has 1 aromatic rings. The molecule has 5 fully saturated rings. The van der Waals surface area contributed by atoms with Crippen LogP contribution in [0.5, 0.6) is 0 Å². The van der Waals surface area contributed by atoms with Gasteiger partial charge in [-0.05, 0) is 111 Å². The van der Waals surface area contributed by atoms with Crippen LogP contribution in [0.25, 0.3) is 0 Å². The number of carbonyl (C=O) groups is 1. The van der Waals surface area contributed by atoms with Crippen molar-refractivity contribution in [3.63, 3.8) is 0 Å². The van der Waals surface area contributed by atoms with Crippen LogP contribution in [0.1, 0.15) is 62.5 Å². The maximum absolute atomic E-state index is 12.9. The van der Waals surface area contributed by atoms with Crippen LogP contribution in [-0.2, 0) is 16.6 Å². The molecule has 1 heterocycles. The van der Waals surface area contributed by atoms with E-state index in [1.165, 1.54) is 57.8 Å². The minimum Gasteiger partial charge on any atom is -0.352 e. The number of piperidine rings is 1. The molecule has 0 radical (unpaired) electrons. The predicted octanol–water partition coefficient (Wildman–Crippen LogP) is 3.91. The second kappa shape index (κ2) is 6.58. The van der Waals surface area contributed by atoms with Gasteiger partial charge in [-0.25, -0.2) is 0 Å². The van der Waals surface area contributed by atoms with E-state index in [9.17, 15) is 4.79 Å². The molecule has 1 aliphatic heterocycles. The zero-order valence-corrected chi connectivity index (χ0v) is 17.0. The van der Waals surface area contributed by atoms with E-state index in [1.807, 2.05) is 0 Å². The summed E-state index contributed by atoms with van der Waals surface area (Å²) >= 11 is 0. The van der Waals surface area contributed by atoms with Crippen molar-refractivity contribution in [1.82, 2.24) is 10.2 Å². The number of fused-ring (bicyclic) bond motifs is 2. The molecule has 5 aliphatic carbocycles. The number of nitrogens with one attached hydrogen (secondary N) is 1. The molecule has 3 heteroatoms. The van der Waals surface area contributed by atoms with Gasteiger partial charge in [-0.15, -0.1) is 0 Å². The Balaban J connectivity index is 1.05. The van der Waals surface area contributed by atoms with Crippen LogP contribution in [0.15, 0.2) is 24.3 Å². The molecule has 7 rings (SSSR count). The second-order valence-corrected chi connectivity index (χ2v) is 10.7. The second-order valence-electron chi connectivity index (χ2n) is 10.7. The number of benzene rings is 1. The van der Waals surface area contributed by atoms with Gasteiger partial charge in [0.05, 0.1) is 6.54 Å². The lowest BCUT2D eigenvalue weighted by atomic mass is 9.54. The first kappa shape index (κ1) is 17.5. The predicted molar refractivity (Wildman–Crippen MR) is 111 cm³/mol. The summed E-state index contributed by atoms with van der Waals surface area (Å²) in [7, 11) is 0. The lowest BCUT2D eigenvalue weighted by molar-refractivity contribution is -0.126. The lowest BCUT2D eigenvalue weighted by Gasteiger charge is -2.54. The van der Waals surface area contributed by atoms with Gasteiger partial charge in [-0.2, -0.15) is 0 Å². The molecule has 1 N–H and O–H groups in total. The highest BCUT2D eigenvalue weighted by atomic mass is 16.2.